The van der Waals surface area contributed by atoms with Gasteiger partial charge in [0.25, 0.3) is 0 Å². The summed E-state index contributed by atoms with van der Waals surface area (Å²) in [5.74, 6) is -0.857. The Kier molecular flexibility index (Phi) is 36.7. The lowest BCUT2D eigenvalue weighted by atomic mass is 10.1. The van der Waals surface area contributed by atoms with E-state index in [1.165, 1.54) is 57.8 Å². The summed E-state index contributed by atoms with van der Waals surface area (Å²) in [5, 5.41) is 0. The molecule has 0 bridgehead atoms. The summed E-state index contributed by atoms with van der Waals surface area (Å²) in [6.45, 7) is 4.28. The molecule has 0 aliphatic carbocycles. The fourth-order valence-electron chi connectivity index (χ4n) is 5.53. The van der Waals surface area contributed by atoms with Crippen molar-refractivity contribution in [1.29, 1.82) is 0 Å². The van der Waals surface area contributed by atoms with E-state index in [4.69, 9.17) is 18.5 Å². The predicted octanol–water partition coefficient (Wildman–Crippen LogP) is 12.5. The van der Waals surface area contributed by atoms with Gasteiger partial charge in [-0.3, -0.25) is 18.6 Å². The second-order valence-electron chi connectivity index (χ2n) is 15.7. The fourth-order valence-corrected chi connectivity index (χ4v) is 6.27. The van der Waals surface area contributed by atoms with Crippen LogP contribution in [-0.2, 0) is 32.7 Å². The Balaban J connectivity index is 4.45. The van der Waals surface area contributed by atoms with Crippen LogP contribution < -0.4 is 0 Å². The van der Waals surface area contributed by atoms with Gasteiger partial charge in [0.2, 0.25) is 0 Å². The third-order valence-corrected chi connectivity index (χ3v) is 9.99. The van der Waals surface area contributed by atoms with Gasteiger partial charge in [0.05, 0.1) is 27.7 Å². The third-order valence-electron chi connectivity index (χ3n) is 9.00. The summed E-state index contributed by atoms with van der Waals surface area (Å²) in [6.07, 6.45) is 45.5. The molecule has 0 saturated heterocycles. The van der Waals surface area contributed by atoms with E-state index in [-0.39, 0.29) is 26.1 Å². The topological polar surface area (TPSA) is 108 Å². The number of phosphoric ester groups is 1. The van der Waals surface area contributed by atoms with Crippen LogP contribution in [0.1, 0.15) is 168 Å². The number of nitrogens with zero attached hydrogens (tertiary/aromatic N) is 1. The minimum atomic E-state index is -4.39. The van der Waals surface area contributed by atoms with Crippen molar-refractivity contribution in [3.8, 4) is 0 Å². The van der Waals surface area contributed by atoms with Crippen molar-refractivity contribution in [3.63, 3.8) is 0 Å². The number of rotatable bonds is 39. The summed E-state index contributed by atoms with van der Waals surface area (Å²) < 4.78 is 34.2. The predicted molar refractivity (Wildman–Crippen MR) is 233 cm³/mol. The van der Waals surface area contributed by atoms with E-state index in [0.717, 1.165) is 70.6 Å². The Morgan fingerprint density at radius 3 is 1.52 bits per heavy atom. The van der Waals surface area contributed by atoms with Gasteiger partial charge in [-0.1, -0.05) is 139 Å². The molecule has 56 heavy (non-hydrogen) atoms. The van der Waals surface area contributed by atoms with Crippen LogP contribution in [0.25, 0.3) is 0 Å². The minimum Gasteiger partial charge on any atom is -0.462 e. The smallest absolute Gasteiger partial charge is 0.462 e. The second kappa shape index (κ2) is 38.2. The lowest BCUT2D eigenvalue weighted by molar-refractivity contribution is -0.870. The molecule has 0 spiro atoms. The normalized spacial score (nSPS) is 14.2. The largest absolute Gasteiger partial charge is 0.472 e. The molecule has 1 N–H and O–H groups in total. The van der Waals surface area contributed by atoms with E-state index in [0.29, 0.717) is 23.9 Å². The molecule has 0 aromatic rings. The third kappa shape index (κ3) is 41.3. The van der Waals surface area contributed by atoms with Gasteiger partial charge in [0.15, 0.2) is 6.10 Å². The molecule has 0 fully saturated rings. The molecule has 0 rings (SSSR count). The van der Waals surface area contributed by atoms with Gasteiger partial charge in [-0.25, -0.2) is 4.57 Å². The number of hydrogen-bond donors (Lipinski definition) is 1. The quantitative estimate of drug-likeness (QED) is 0.0215. The molecule has 0 amide bonds. The van der Waals surface area contributed by atoms with Crippen molar-refractivity contribution in [2.24, 2.45) is 0 Å². The molecule has 2 atom stereocenters. The molecule has 0 aliphatic heterocycles. The summed E-state index contributed by atoms with van der Waals surface area (Å²) in [6, 6.07) is 0. The van der Waals surface area contributed by atoms with Crippen LogP contribution in [0.3, 0.4) is 0 Å². The van der Waals surface area contributed by atoms with Gasteiger partial charge in [0.1, 0.15) is 19.8 Å². The standard InChI is InChI=1S/C46H82NO8P/c1-6-8-10-12-14-16-18-20-22-23-25-26-28-30-32-34-36-38-45(48)52-42-44(43-54-56(50,51)53-41-40-47(3,4)5)55-46(49)39-37-35-33-31-29-27-24-21-19-17-15-13-11-9-7-2/h10,12,16,18,22-23,26-29,44H,6-9,11,13-15,17,19-21,24-25,30-43H2,1-5H3/p+1/b12-10+,18-16+,23-22+,28-26+,29-27+/t44-/m1/s1. The van der Waals surface area contributed by atoms with Crippen molar-refractivity contribution < 1.29 is 42.1 Å². The highest BCUT2D eigenvalue weighted by Crippen LogP contribution is 2.43. The SMILES string of the molecule is CCC/C=C/C/C=C/C/C=C/C/C=C/CCCCCC(=O)OC[C@H](COP(=O)(O)OCC[N+](C)(C)C)OC(=O)CCCCC/C=C/CCCCCCCCCC. The molecule has 0 aliphatic rings. The molecule has 0 aromatic heterocycles. The average Bonchev–Trinajstić information content (AvgIpc) is 3.15. The molecule has 1 unspecified atom stereocenters. The first-order valence-electron chi connectivity index (χ1n) is 22.0. The maximum atomic E-state index is 12.7. The number of allylic oxidation sites excluding steroid dienone is 10. The number of quaternary nitrogens is 1. The number of unbranched alkanes of at least 4 members (excludes halogenated alkanes) is 15. The molecule has 324 valence electrons. The Morgan fingerprint density at radius 2 is 1.00 bits per heavy atom. The first-order chi connectivity index (χ1) is 27.0. The van der Waals surface area contributed by atoms with Gasteiger partial charge in [-0.15, -0.1) is 0 Å². The van der Waals surface area contributed by atoms with E-state index in [1.807, 2.05) is 21.1 Å². The Bertz CT molecular complexity index is 1140. The second-order valence-corrected chi connectivity index (χ2v) is 17.2. The Morgan fingerprint density at radius 1 is 0.554 bits per heavy atom. The van der Waals surface area contributed by atoms with Crippen LogP contribution in [0.5, 0.6) is 0 Å². The van der Waals surface area contributed by atoms with Gasteiger partial charge in [-0.05, 0) is 77.0 Å². The van der Waals surface area contributed by atoms with E-state index >= 15 is 0 Å². The van der Waals surface area contributed by atoms with Crippen molar-refractivity contribution in [3.05, 3.63) is 60.8 Å². The molecule has 0 saturated carbocycles. The van der Waals surface area contributed by atoms with Gasteiger partial charge < -0.3 is 18.9 Å². The number of carbonyl (C=O) groups is 2. The van der Waals surface area contributed by atoms with Crippen LogP contribution in [0.4, 0.5) is 0 Å². The van der Waals surface area contributed by atoms with Gasteiger partial charge >= 0.3 is 19.8 Å². The summed E-state index contributed by atoms with van der Waals surface area (Å²) >= 11 is 0. The van der Waals surface area contributed by atoms with Crippen LogP contribution in [0.15, 0.2) is 60.8 Å². The van der Waals surface area contributed by atoms with E-state index in [2.05, 4.69) is 74.6 Å². The number of esters is 2. The monoisotopic (exact) mass is 809 g/mol. The van der Waals surface area contributed by atoms with E-state index in [1.54, 1.807) is 0 Å². The zero-order valence-electron chi connectivity index (χ0n) is 36.3. The summed E-state index contributed by atoms with van der Waals surface area (Å²) in [5.41, 5.74) is 0. The Hall–Kier alpha value is -2.29. The van der Waals surface area contributed by atoms with Gasteiger partial charge in [-0.2, -0.15) is 0 Å². The van der Waals surface area contributed by atoms with E-state index < -0.39 is 32.5 Å². The molecule has 0 radical (unpaired) electrons. The lowest BCUT2D eigenvalue weighted by Gasteiger charge is -2.24. The van der Waals surface area contributed by atoms with Crippen LogP contribution in [-0.4, -0.2) is 74.9 Å². The molecule has 10 heteroatoms. The zero-order valence-corrected chi connectivity index (χ0v) is 37.2. The van der Waals surface area contributed by atoms with Crippen LogP contribution in [0.2, 0.25) is 0 Å². The highest BCUT2D eigenvalue weighted by atomic mass is 31.2. The van der Waals surface area contributed by atoms with Crippen LogP contribution >= 0.6 is 7.82 Å². The van der Waals surface area contributed by atoms with Crippen molar-refractivity contribution in [2.75, 3.05) is 47.5 Å². The van der Waals surface area contributed by atoms with Crippen molar-refractivity contribution >= 4 is 19.8 Å². The van der Waals surface area contributed by atoms with Crippen molar-refractivity contribution in [1.82, 2.24) is 0 Å². The number of phosphoric acid groups is 1. The maximum Gasteiger partial charge on any atom is 0.472 e. The summed E-state index contributed by atoms with van der Waals surface area (Å²) in [7, 11) is 1.44. The fraction of sp³-hybridized carbons (Fsp3) is 0.739. The zero-order chi connectivity index (χ0) is 41.4. The van der Waals surface area contributed by atoms with Crippen molar-refractivity contribution in [2.45, 2.75) is 174 Å². The first-order valence-corrected chi connectivity index (χ1v) is 23.5. The number of carbonyl (C=O) groups excluding carboxylic acids is 2. The maximum absolute atomic E-state index is 12.7. The highest BCUT2D eigenvalue weighted by molar-refractivity contribution is 7.47. The first kappa shape index (κ1) is 53.7. The summed E-state index contributed by atoms with van der Waals surface area (Å²) in [4.78, 5) is 35.3. The van der Waals surface area contributed by atoms with E-state index in [9.17, 15) is 19.0 Å². The lowest BCUT2D eigenvalue weighted by Crippen LogP contribution is -2.37. The molecule has 0 heterocycles. The number of likely N-dealkylation sites (N-methyl/N-ethyl adjacent to an activating group) is 1. The van der Waals surface area contributed by atoms with Gasteiger partial charge in [0, 0.05) is 12.8 Å². The average molecular weight is 809 g/mol. The molecular weight excluding hydrogens is 725 g/mol. The molecule has 9 nitrogen and oxygen atoms in total. The van der Waals surface area contributed by atoms with Crippen LogP contribution in [0, 0.1) is 0 Å². The minimum absolute atomic E-state index is 0.0213. The number of ether oxygens (including phenoxy) is 2. The highest BCUT2D eigenvalue weighted by Gasteiger charge is 2.27. The Labute approximate surface area is 343 Å². The molecule has 0 aromatic carbocycles. The molecular formula is C46H83NO8P+. The number of hydrogen-bond acceptors (Lipinski definition) is 7.